The second-order valence-corrected chi connectivity index (χ2v) is 13.9. The van der Waals surface area contributed by atoms with E-state index in [4.69, 9.17) is 24.3 Å². The van der Waals surface area contributed by atoms with E-state index in [1.165, 1.54) is 0 Å². The third kappa shape index (κ3) is 39.9. The zero-order chi connectivity index (χ0) is 40.3. The van der Waals surface area contributed by atoms with Gasteiger partial charge in [0.2, 0.25) is 0 Å². The van der Waals surface area contributed by atoms with Gasteiger partial charge in [0.15, 0.2) is 6.10 Å². The van der Waals surface area contributed by atoms with Crippen LogP contribution >= 0.6 is 7.82 Å². The predicted octanol–water partition coefficient (Wildman–Crippen LogP) is 11.4. The van der Waals surface area contributed by atoms with Gasteiger partial charge in [-0.2, -0.15) is 0 Å². The van der Waals surface area contributed by atoms with Crippen molar-refractivity contribution in [2.75, 3.05) is 26.4 Å². The van der Waals surface area contributed by atoms with Gasteiger partial charge in [-0.1, -0.05) is 155 Å². The molecule has 0 aliphatic carbocycles. The number of hydrogen-bond donors (Lipinski definition) is 2. The number of phosphoric acid groups is 1. The lowest BCUT2D eigenvalue weighted by Crippen LogP contribution is -2.29. The molecule has 2 atom stereocenters. The highest BCUT2D eigenvalue weighted by Crippen LogP contribution is 2.43. The zero-order valence-corrected chi connectivity index (χ0v) is 34.5. The average molecular weight is 784 g/mol. The SMILES string of the molecule is CC/C=C/C=C/C=C/C=C/CCCCCCCC(=O)O[C@H](COC(=O)CC/C=C/C/C=C/C/C=C/C/C=C/C/C=C/C/C=C/CC)COP(=O)(O)OCCN. The van der Waals surface area contributed by atoms with E-state index in [9.17, 15) is 19.0 Å². The average Bonchev–Trinajstić information content (AvgIpc) is 3.17. The Morgan fingerprint density at radius 1 is 0.564 bits per heavy atom. The summed E-state index contributed by atoms with van der Waals surface area (Å²) in [6.07, 6.45) is 53.8. The molecule has 0 aromatic carbocycles. The Morgan fingerprint density at radius 2 is 1.07 bits per heavy atom. The zero-order valence-electron chi connectivity index (χ0n) is 33.6. The van der Waals surface area contributed by atoms with Crippen LogP contribution in [0.2, 0.25) is 0 Å². The molecule has 0 bridgehead atoms. The summed E-state index contributed by atoms with van der Waals surface area (Å²) in [4.78, 5) is 34.8. The molecule has 0 heterocycles. The molecule has 55 heavy (non-hydrogen) atoms. The number of allylic oxidation sites excluding steroid dienone is 20. The van der Waals surface area contributed by atoms with Crippen LogP contribution in [0.3, 0.4) is 0 Å². The van der Waals surface area contributed by atoms with E-state index in [0.29, 0.717) is 12.8 Å². The largest absolute Gasteiger partial charge is 0.472 e. The Bertz CT molecular complexity index is 1310. The fourth-order valence-electron chi connectivity index (χ4n) is 4.55. The van der Waals surface area contributed by atoms with Gasteiger partial charge in [-0.15, -0.1) is 0 Å². The van der Waals surface area contributed by atoms with E-state index < -0.39 is 32.5 Å². The second kappa shape index (κ2) is 40.1. The summed E-state index contributed by atoms with van der Waals surface area (Å²) in [6, 6.07) is 0. The van der Waals surface area contributed by atoms with Gasteiger partial charge < -0.3 is 20.1 Å². The minimum Gasteiger partial charge on any atom is -0.462 e. The number of nitrogens with two attached hydrogens (primary N) is 1. The van der Waals surface area contributed by atoms with Crippen molar-refractivity contribution in [2.24, 2.45) is 5.73 Å². The predicted molar refractivity (Wildman–Crippen MR) is 228 cm³/mol. The lowest BCUT2D eigenvalue weighted by Gasteiger charge is -2.19. The minimum atomic E-state index is -4.41. The molecule has 10 heteroatoms. The number of hydrogen-bond acceptors (Lipinski definition) is 8. The van der Waals surface area contributed by atoms with Crippen molar-refractivity contribution in [1.82, 2.24) is 0 Å². The summed E-state index contributed by atoms with van der Waals surface area (Å²) in [5, 5.41) is 0. The third-order valence-electron chi connectivity index (χ3n) is 7.45. The van der Waals surface area contributed by atoms with Crippen LogP contribution < -0.4 is 5.73 Å². The van der Waals surface area contributed by atoms with Crippen LogP contribution in [0.25, 0.3) is 0 Å². The fourth-order valence-corrected chi connectivity index (χ4v) is 5.32. The van der Waals surface area contributed by atoms with Gasteiger partial charge in [-0.05, 0) is 70.6 Å². The fraction of sp³-hybridized carbons (Fsp3) is 0.511. The molecule has 0 amide bonds. The van der Waals surface area contributed by atoms with Crippen molar-refractivity contribution < 1.29 is 37.6 Å². The van der Waals surface area contributed by atoms with Crippen LogP contribution in [0.5, 0.6) is 0 Å². The first-order valence-electron chi connectivity index (χ1n) is 20.1. The van der Waals surface area contributed by atoms with E-state index in [1.54, 1.807) is 0 Å². The molecular formula is C45H70NO8P. The summed E-state index contributed by atoms with van der Waals surface area (Å²) in [5.74, 6) is -0.970. The second-order valence-electron chi connectivity index (χ2n) is 12.5. The highest BCUT2D eigenvalue weighted by atomic mass is 31.2. The molecule has 0 aliphatic heterocycles. The number of esters is 2. The molecule has 0 aromatic heterocycles. The molecule has 3 N–H and O–H groups in total. The topological polar surface area (TPSA) is 134 Å². The number of ether oxygens (including phenoxy) is 2. The third-order valence-corrected chi connectivity index (χ3v) is 8.44. The van der Waals surface area contributed by atoms with Crippen LogP contribution in [0, 0.1) is 0 Å². The molecule has 0 fully saturated rings. The van der Waals surface area contributed by atoms with E-state index >= 15 is 0 Å². The normalized spacial score (nSPS) is 14.6. The van der Waals surface area contributed by atoms with Crippen molar-refractivity contribution in [3.8, 4) is 0 Å². The highest BCUT2D eigenvalue weighted by Gasteiger charge is 2.25. The van der Waals surface area contributed by atoms with Crippen LogP contribution in [-0.2, 0) is 32.7 Å². The van der Waals surface area contributed by atoms with Crippen molar-refractivity contribution in [2.45, 2.75) is 123 Å². The lowest BCUT2D eigenvalue weighted by molar-refractivity contribution is -0.161. The Morgan fingerprint density at radius 3 is 1.65 bits per heavy atom. The summed E-state index contributed by atoms with van der Waals surface area (Å²) >= 11 is 0. The molecule has 0 spiro atoms. The molecular weight excluding hydrogens is 713 g/mol. The quantitative estimate of drug-likeness (QED) is 0.0212. The summed E-state index contributed by atoms with van der Waals surface area (Å²) < 4.78 is 32.6. The first-order valence-corrected chi connectivity index (χ1v) is 21.6. The maximum absolute atomic E-state index is 12.5. The molecule has 9 nitrogen and oxygen atoms in total. The molecule has 1 unspecified atom stereocenters. The summed E-state index contributed by atoms with van der Waals surface area (Å²) in [6.45, 7) is 3.32. The standard InChI is InChI=1S/C45H70NO8P/c1-3-5-7-9-11-13-15-17-19-20-21-22-24-25-27-29-31-33-35-37-44(47)51-41-43(42-53-55(49,50)52-40-39-46)54-45(48)38-36-34-32-30-28-26-23-18-16-14-12-10-8-6-4-2/h5-8,10-14,16-19,21-23,25,27,31,33,43H,3-4,9,15,20,24,26,28-30,32,34-42,46H2,1-2H3,(H,49,50)/b7-5+,8-6+,12-10+,13-11+,16-14+,19-17+,22-21+,23-18+,27-25+,33-31+/t43-/m1/s1. The Labute approximate surface area is 332 Å². The van der Waals surface area contributed by atoms with Gasteiger partial charge >= 0.3 is 19.8 Å². The van der Waals surface area contributed by atoms with Crippen molar-refractivity contribution in [1.29, 1.82) is 0 Å². The van der Waals surface area contributed by atoms with E-state index in [2.05, 4.69) is 86.8 Å². The van der Waals surface area contributed by atoms with E-state index in [1.807, 2.05) is 48.6 Å². The van der Waals surface area contributed by atoms with Gasteiger partial charge in [0, 0.05) is 19.4 Å². The summed E-state index contributed by atoms with van der Waals surface area (Å²) in [5.41, 5.74) is 5.33. The van der Waals surface area contributed by atoms with Gasteiger partial charge in [0.05, 0.1) is 13.2 Å². The van der Waals surface area contributed by atoms with Crippen molar-refractivity contribution in [3.63, 3.8) is 0 Å². The lowest BCUT2D eigenvalue weighted by atomic mass is 10.1. The molecule has 0 saturated carbocycles. The van der Waals surface area contributed by atoms with E-state index in [0.717, 1.165) is 77.0 Å². The maximum atomic E-state index is 12.5. The minimum absolute atomic E-state index is 0.0317. The van der Waals surface area contributed by atoms with Gasteiger partial charge in [-0.3, -0.25) is 18.6 Å². The molecule has 0 aromatic rings. The molecule has 0 radical (unpaired) electrons. The molecule has 308 valence electrons. The molecule has 0 rings (SSSR count). The number of rotatable bonds is 35. The Hall–Kier alpha value is -3.59. The highest BCUT2D eigenvalue weighted by molar-refractivity contribution is 7.47. The van der Waals surface area contributed by atoms with Crippen LogP contribution in [0.15, 0.2) is 122 Å². The number of unbranched alkanes of at least 4 members (excludes halogenated alkanes) is 5. The molecule has 0 aliphatic rings. The number of carbonyl (C=O) groups excluding carboxylic acids is 2. The Kier molecular flexibility index (Phi) is 37.5. The molecule has 0 saturated heterocycles. The van der Waals surface area contributed by atoms with Gasteiger partial charge in [0.25, 0.3) is 0 Å². The van der Waals surface area contributed by atoms with Crippen LogP contribution in [0.1, 0.15) is 117 Å². The monoisotopic (exact) mass is 783 g/mol. The van der Waals surface area contributed by atoms with Crippen LogP contribution in [-0.4, -0.2) is 49.3 Å². The van der Waals surface area contributed by atoms with E-state index in [-0.39, 0.29) is 32.6 Å². The number of carbonyl (C=O) groups is 2. The maximum Gasteiger partial charge on any atom is 0.472 e. The van der Waals surface area contributed by atoms with Crippen molar-refractivity contribution >= 4 is 19.8 Å². The van der Waals surface area contributed by atoms with Gasteiger partial charge in [0.1, 0.15) is 6.61 Å². The smallest absolute Gasteiger partial charge is 0.462 e. The summed E-state index contributed by atoms with van der Waals surface area (Å²) in [7, 11) is -4.41. The van der Waals surface area contributed by atoms with Crippen molar-refractivity contribution in [3.05, 3.63) is 122 Å². The van der Waals surface area contributed by atoms with Gasteiger partial charge in [-0.25, -0.2) is 4.57 Å². The van der Waals surface area contributed by atoms with Crippen LogP contribution in [0.4, 0.5) is 0 Å². The Balaban J connectivity index is 4.39. The number of phosphoric ester groups is 1. The first kappa shape index (κ1) is 51.4. The first-order chi connectivity index (χ1) is 26.8.